The Hall–Kier alpha value is -1.34. The van der Waals surface area contributed by atoms with Crippen molar-refractivity contribution >= 4 is 12.0 Å². The van der Waals surface area contributed by atoms with Gasteiger partial charge in [0.2, 0.25) is 0 Å². The molecule has 0 aromatic carbocycles. The summed E-state index contributed by atoms with van der Waals surface area (Å²) in [7, 11) is 0. The second-order valence-electron chi connectivity index (χ2n) is 4.34. The Kier molecular flexibility index (Phi) is 6.45. The molecule has 1 aliphatic rings. The fraction of sp³-hybridized carbons (Fsp3) is 0.818. The molecule has 18 heavy (non-hydrogen) atoms. The van der Waals surface area contributed by atoms with Crippen LogP contribution in [0.3, 0.4) is 0 Å². The molecule has 0 spiro atoms. The number of carboxylic acid groups (broad SMARTS) is 1. The molecule has 104 valence electrons. The molecule has 1 rings (SSSR count). The van der Waals surface area contributed by atoms with Crippen LogP contribution in [0.1, 0.15) is 19.3 Å². The van der Waals surface area contributed by atoms with Gasteiger partial charge < -0.3 is 25.6 Å². The lowest BCUT2D eigenvalue weighted by atomic mass is 10.1. The zero-order chi connectivity index (χ0) is 13.4. The molecule has 7 heteroatoms. The number of hydrogen-bond acceptors (Lipinski definition) is 4. The van der Waals surface area contributed by atoms with E-state index < -0.39 is 12.1 Å². The molecule has 0 bridgehead atoms. The first-order chi connectivity index (χ1) is 8.59. The molecule has 1 fully saturated rings. The number of aliphatic carboxylic acids is 1. The summed E-state index contributed by atoms with van der Waals surface area (Å²) in [6.45, 7) is 2.26. The van der Waals surface area contributed by atoms with E-state index in [1.807, 2.05) is 0 Å². The summed E-state index contributed by atoms with van der Waals surface area (Å²) in [6.07, 6.45) is 0.485. The van der Waals surface area contributed by atoms with Gasteiger partial charge in [0.05, 0.1) is 0 Å². The fourth-order valence-corrected chi connectivity index (χ4v) is 1.71. The van der Waals surface area contributed by atoms with Crippen molar-refractivity contribution in [3.8, 4) is 0 Å². The molecule has 0 aliphatic carbocycles. The van der Waals surface area contributed by atoms with Gasteiger partial charge in [-0.15, -0.1) is 0 Å². The highest BCUT2D eigenvalue weighted by molar-refractivity contribution is 5.74. The van der Waals surface area contributed by atoms with Crippen LogP contribution < -0.4 is 10.6 Å². The van der Waals surface area contributed by atoms with E-state index in [4.69, 9.17) is 14.9 Å². The maximum Gasteiger partial charge on any atom is 0.332 e. The topological polar surface area (TPSA) is 108 Å². The van der Waals surface area contributed by atoms with Gasteiger partial charge in [-0.3, -0.25) is 0 Å². The molecule has 7 nitrogen and oxygen atoms in total. The largest absolute Gasteiger partial charge is 0.479 e. The van der Waals surface area contributed by atoms with Crippen molar-refractivity contribution in [2.24, 2.45) is 5.92 Å². The van der Waals surface area contributed by atoms with Crippen LogP contribution in [0.25, 0.3) is 0 Å². The van der Waals surface area contributed by atoms with E-state index in [-0.39, 0.29) is 19.0 Å². The van der Waals surface area contributed by atoms with Gasteiger partial charge >= 0.3 is 12.0 Å². The highest BCUT2D eigenvalue weighted by atomic mass is 16.5. The number of aliphatic hydroxyl groups is 1. The summed E-state index contributed by atoms with van der Waals surface area (Å²) in [6, 6.07) is -0.341. The molecule has 1 heterocycles. The van der Waals surface area contributed by atoms with Crippen molar-refractivity contribution in [3.05, 3.63) is 0 Å². The van der Waals surface area contributed by atoms with Gasteiger partial charge in [-0.2, -0.15) is 0 Å². The Morgan fingerprint density at radius 3 is 2.67 bits per heavy atom. The van der Waals surface area contributed by atoms with E-state index in [2.05, 4.69) is 10.6 Å². The molecule has 0 radical (unpaired) electrons. The van der Waals surface area contributed by atoms with Crippen LogP contribution >= 0.6 is 0 Å². The van der Waals surface area contributed by atoms with E-state index in [1.165, 1.54) is 0 Å². The van der Waals surface area contributed by atoms with Crippen molar-refractivity contribution < 1.29 is 24.5 Å². The lowest BCUT2D eigenvalue weighted by molar-refractivity contribution is -0.146. The number of ether oxygens (including phenoxy) is 1. The SMILES string of the molecule is O=C(NCCC1CCOC1)NCC[C@H](O)C(=O)O. The third-order valence-corrected chi connectivity index (χ3v) is 2.85. The monoisotopic (exact) mass is 260 g/mol. The lowest BCUT2D eigenvalue weighted by Crippen LogP contribution is -2.38. The van der Waals surface area contributed by atoms with Crippen LogP contribution in [0.4, 0.5) is 4.79 Å². The number of amides is 2. The normalized spacial score (nSPS) is 20.4. The van der Waals surface area contributed by atoms with E-state index in [0.29, 0.717) is 12.5 Å². The number of carboxylic acids is 1. The minimum absolute atomic E-state index is 0.000775. The summed E-state index contributed by atoms with van der Waals surface area (Å²) in [5.74, 6) is -0.766. The predicted octanol–water partition coefficient (Wildman–Crippen LogP) is -0.452. The van der Waals surface area contributed by atoms with Gasteiger partial charge in [-0.1, -0.05) is 0 Å². The maximum atomic E-state index is 11.3. The number of urea groups is 1. The number of rotatable bonds is 7. The van der Waals surface area contributed by atoms with E-state index in [9.17, 15) is 9.59 Å². The van der Waals surface area contributed by atoms with Crippen molar-refractivity contribution in [1.82, 2.24) is 10.6 Å². The van der Waals surface area contributed by atoms with Crippen molar-refractivity contribution in [1.29, 1.82) is 0 Å². The van der Waals surface area contributed by atoms with Gasteiger partial charge in [0, 0.05) is 32.7 Å². The average Bonchev–Trinajstić information content (AvgIpc) is 2.81. The summed E-state index contributed by atoms with van der Waals surface area (Å²) in [5, 5.41) is 22.6. The van der Waals surface area contributed by atoms with Crippen LogP contribution in [0.2, 0.25) is 0 Å². The third kappa shape index (κ3) is 5.83. The van der Waals surface area contributed by atoms with Gasteiger partial charge in [0.15, 0.2) is 6.10 Å². The highest BCUT2D eigenvalue weighted by Gasteiger charge is 2.15. The summed E-state index contributed by atoms with van der Waals surface area (Å²) in [4.78, 5) is 21.6. The Morgan fingerprint density at radius 2 is 2.06 bits per heavy atom. The first-order valence-corrected chi connectivity index (χ1v) is 6.10. The number of hydrogen-bond donors (Lipinski definition) is 4. The second kappa shape index (κ2) is 7.88. The first kappa shape index (κ1) is 14.7. The average molecular weight is 260 g/mol. The number of aliphatic hydroxyl groups excluding tert-OH is 1. The summed E-state index contributed by atoms with van der Waals surface area (Å²) in [5.41, 5.74) is 0. The molecule has 1 aliphatic heterocycles. The Bertz CT molecular complexity index is 279. The van der Waals surface area contributed by atoms with Crippen molar-refractivity contribution in [3.63, 3.8) is 0 Å². The standard InChI is InChI=1S/C11H20N2O5/c14-9(10(15)16)2-5-13-11(17)12-4-1-8-3-6-18-7-8/h8-9,14H,1-7H2,(H,15,16)(H2,12,13,17)/t8?,9-/m0/s1. The third-order valence-electron chi connectivity index (χ3n) is 2.85. The van der Waals surface area contributed by atoms with Crippen LogP contribution in [0, 0.1) is 5.92 Å². The Labute approximate surface area is 106 Å². The molecular weight excluding hydrogens is 240 g/mol. The zero-order valence-corrected chi connectivity index (χ0v) is 10.2. The smallest absolute Gasteiger partial charge is 0.332 e. The van der Waals surface area contributed by atoms with Crippen LogP contribution in [0.15, 0.2) is 0 Å². The van der Waals surface area contributed by atoms with Crippen LogP contribution in [-0.4, -0.2) is 54.6 Å². The summed E-state index contributed by atoms with van der Waals surface area (Å²) >= 11 is 0. The molecule has 2 atom stereocenters. The van der Waals surface area contributed by atoms with Crippen LogP contribution in [0.5, 0.6) is 0 Å². The number of carbonyl (C=O) groups excluding carboxylic acids is 1. The quantitative estimate of drug-likeness (QED) is 0.496. The first-order valence-electron chi connectivity index (χ1n) is 6.10. The minimum atomic E-state index is -1.43. The minimum Gasteiger partial charge on any atom is -0.479 e. The van der Waals surface area contributed by atoms with E-state index >= 15 is 0 Å². The van der Waals surface area contributed by atoms with Gasteiger partial charge in [-0.05, 0) is 18.8 Å². The molecule has 0 saturated carbocycles. The zero-order valence-electron chi connectivity index (χ0n) is 10.2. The lowest BCUT2D eigenvalue weighted by Gasteiger charge is -2.10. The van der Waals surface area contributed by atoms with Gasteiger partial charge in [-0.25, -0.2) is 9.59 Å². The van der Waals surface area contributed by atoms with E-state index in [1.54, 1.807) is 0 Å². The Balaban J connectivity index is 1.98. The molecule has 2 amide bonds. The number of carbonyl (C=O) groups is 2. The van der Waals surface area contributed by atoms with Gasteiger partial charge in [0.1, 0.15) is 0 Å². The highest BCUT2D eigenvalue weighted by Crippen LogP contribution is 2.14. The second-order valence-corrected chi connectivity index (χ2v) is 4.34. The molecule has 0 aromatic rings. The summed E-state index contributed by atoms with van der Waals surface area (Å²) < 4.78 is 5.22. The van der Waals surface area contributed by atoms with Crippen molar-refractivity contribution in [2.45, 2.75) is 25.4 Å². The molecular formula is C11H20N2O5. The van der Waals surface area contributed by atoms with E-state index in [0.717, 1.165) is 26.1 Å². The molecule has 0 aromatic heterocycles. The molecule has 1 unspecified atom stereocenters. The van der Waals surface area contributed by atoms with Crippen LogP contribution in [-0.2, 0) is 9.53 Å². The van der Waals surface area contributed by atoms with Crippen molar-refractivity contribution in [2.75, 3.05) is 26.3 Å². The van der Waals surface area contributed by atoms with Gasteiger partial charge in [0.25, 0.3) is 0 Å². The molecule has 4 N–H and O–H groups in total. The number of nitrogens with one attached hydrogen (secondary N) is 2. The molecule has 1 saturated heterocycles. The maximum absolute atomic E-state index is 11.3. The fourth-order valence-electron chi connectivity index (χ4n) is 1.71. The predicted molar refractivity (Wildman–Crippen MR) is 63.2 cm³/mol. The Morgan fingerprint density at radius 1 is 1.33 bits per heavy atom.